The maximum atomic E-state index is 12.8. The molecule has 3 heterocycles. The maximum absolute atomic E-state index is 12.8. The molecule has 1 aromatic carbocycles. The highest BCUT2D eigenvalue weighted by Gasteiger charge is 2.54. The number of halogens is 3. The summed E-state index contributed by atoms with van der Waals surface area (Å²) in [5.74, 6) is -0.117. The summed E-state index contributed by atoms with van der Waals surface area (Å²) in [5, 5.41) is 17.6. The molecule has 176 valence electrons. The number of nitrogens with one attached hydrogen (secondary N) is 1. The maximum Gasteiger partial charge on any atom is 0.446 e. The van der Waals surface area contributed by atoms with Crippen molar-refractivity contribution >= 4 is 23.4 Å². The summed E-state index contributed by atoms with van der Waals surface area (Å²) in [4.78, 5) is 8.90. The quantitative estimate of drug-likeness (QED) is 0.533. The fraction of sp³-hybridized carbons (Fsp3) is 0.476. The molecule has 4 atom stereocenters. The van der Waals surface area contributed by atoms with Gasteiger partial charge in [-0.25, -0.2) is 9.97 Å². The van der Waals surface area contributed by atoms with Crippen LogP contribution < -0.4 is 5.32 Å². The van der Waals surface area contributed by atoms with Crippen LogP contribution in [0.25, 0.3) is 17.0 Å². The van der Waals surface area contributed by atoms with E-state index in [0.29, 0.717) is 23.6 Å². The zero-order valence-electron chi connectivity index (χ0n) is 17.8. The lowest BCUT2D eigenvalue weighted by Crippen LogP contribution is -2.35. The van der Waals surface area contributed by atoms with Crippen LogP contribution in [0, 0.1) is 5.92 Å². The second-order valence-corrected chi connectivity index (χ2v) is 9.68. The van der Waals surface area contributed by atoms with Gasteiger partial charge in [0.2, 0.25) is 5.95 Å². The number of hydrogen-bond donors (Lipinski definition) is 2. The number of rotatable bonds is 5. The molecule has 0 unspecified atom stereocenters. The SMILES string of the molecule is CC1(C)O[C@@H]2[C@@H](CO)C[C@@H](Nc3nccc4nc(-c5cccc(SC(F)(F)F)c5)nn34)[C@@H]2O1. The molecule has 2 N–H and O–H groups in total. The van der Waals surface area contributed by atoms with Crippen LogP contribution in [-0.4, -0.2) is 60.8 Å². The van der Waals surface area contributed by atoms with Crippen molar-refractivity contribution in [2.45, 2.75) is 54.7 Å². The minimum absolute atomic E-state index is 0.0177. The molecule has 2 fully saturated rings. The lowest BCUT2D eigenvalue weighted by molar-refractivity contribution is -0.158. The Balaban J connectivity index is 1.43. The van der Waals surface area contributed by atoms with Crippen LogP contribution in [0.5, 0.6) is 0 Å². The van der Waals surface area contributed by atoms with Crippen LogP contribution in [-0.2, 0) is 9.47 Å². The molecular weight excluding hydrogens is 459 g/mol. The van der Waals surface area contributed by atoms with E-state index in [4.69, 9.17) is 9.47 Å². The minimum atomic E-state index is -4.38. The molecule has 0 radical (unpaired) electrons. The normalized spacial score (nSPS) is 26.6. The highest BCUT2D eigenvalue weighted by molar-refractivity contribution is 8.00. The minimum Gasteiger partial charge on any atom is -0.396 e. The number of aliphatic hydroxyl groups excluding tert-OH is 1. The summed E-state index contributed by atoms with van der Waals surface area (Å²) in [6, 6.07) is 7.50. The first-order chi connectivity index (χ1) is 15.6. The molecule has 0 bridgehead atoms. The summed E-state index contributed by atoms with van der Waals surface area (Å²) in [7, 11) is 0. The van der Waals surface area contributed by atoms with Crippen LogP contribution in [0.4, 0.5) is 19.1 Å². The van der Waals surface area contributed by atoms with Crippen LogP contribution in [0.1, 0.15) is 20.3 Å². The van der Waals surface area contributed by atoms with E-state index < -0.39 is 11.3 Å². The van der Waals surface area contributed by atoms with Gasteiger partial charge in [0, 0.05) is 35.2 Å². The Morgan fingerprint density at radius 3 is 2.79 bits per heavy atom. The van der Waals surface area contributed by atoms with Gasteiger partial charge in [0.15, 0.2) is 17.3 Å². The number of aromatic nitrogens is 4. The molecule has 1 saturated carbocycles. The Morgan fingerprint density at radius 1 is 1.24 bits per heavy atom. The second-order valence-electron chi connectivity index (χ2n) is 8.54. The molecule has 8 nitrogen and oxygen atoms in total. The summed E-state index contributed by atoms with van der Waals surface area (Å²) in [6.07, 6.45) is 1.70. The highest BCUT2D eigenvalue weighted by Crippen LogP contribution is 2.42. The molecule has 3 aromatic rings. The van der Waals surface area contributed by atoms with Crippen molar-refractivity contribution in [3.8, 4) is 11.4 Å². The fourth-order valence-electron chi connectivity index (χ4n) is 4.44. The number of ether oxygens (including phenoxy) is 2. The first-order valence-corrected chi connectivity index (χ1v) is 11.2. The van der Waals surface area contributed by atoms with Crippen molar-refractivity contribution in [1.82, 2.24) is 19.6 Å². The Labute approximate surface area is 191 Å². The van der Waals surface area contributed by atoms with Gasteiger partial charge in [0.25, 0.3) is 0 Å². The predicted molar refractivity (Wildman–Crippen MR) is 115 cm³/mol. The van der Waals surface area contributed by atoms with Gasteiger partial charge in [0.1, 0.15) is 6.10 Å². The molecule has 1 saturated heterocycles. The van der Waals surface area contributed by atoms with E-state index in [-0.39, 0.29) is 53.3 Å². The van der Waals surface area contributed by atoms with Gasteiger partial charge in [0.05, 0.1) is 12.1 Å². The van der Waals surface area contributed by atoms with E-state index in [0.717, 1.165) is 0 Å². The Hall–Kier alpha value is -2.41. The Morgan fingerprint density at radius 2 is 2.03 bits per heavy atom. The van der Waals surface area contributed by atoms with Gasteiger partial charge >= 0.3 is 5.51 Å². The standard InChI is InChI=1S/C21H22F3N5O3S/c1-20(2)31-16-12(10-30)9-14(17(16)32-20)26-19-25-7-6-15-27-18(28-29(15)19)11-4-3-5-13(8-11)33-21(22,23)24/h3-8,12,14,16-17,30H,9-10H2,1-2H3,(H,25,26)/t12-,14-,16-,17+/m1/s1. The summed E-state index contributed by atoms with van der Waals surface area (Å²) >= 11 is -0.181. The number of aliphatic hydroxyl groups is 1. The molecule has 33 heavy (non-hydrogen) atoms. The van der Waals surface area contributed by atoms with E-state index in [1.54, 1.807) is 24.4 Å². The van der Waals surface area contributed by atoms with Crippen molar-refractivity contribution in [2.75, 3.05) is 11.9 Å². The molecule has 12 heteroatoms. The van der Waals surface area contributed by atoms with Crippen LogP contribution in [0.2, 0.25) is 0 Å². The number of thioether (sulfide) groups is 1. The van der Waals surface area contributed by atoms with Crippen molar-refractivity contribution in [2.24, 2.45) is 5.92 Å². The third kappa shape index (κ3) is 4.52. The topological polar surface area (TPSA) is 93.8 Å². The molecule has 5 rings (SSSR count). The summed E-state index contributed by atoms with van der Waals surface area (Å²) in [5.41, 5.74) is -3.42. The first-order valence-electron chi connectivity index (χ1n) is 10.4. The molecule has 2 aromatic heterocycles. The molecule has 1 aliphatic heterocycles. The summed E-state index contributed by atoms with van der Waals surface area (Å²) in [6.45, 7) is 3.66. The van der Waals surface area contributed by atoms with Gasteiger partial charge in [-0.05, 0) is 44.2 Å². The first kappa shape index (κ1) is 22.4. The van der Waals surface area contributed by atoms with Gasteiger partial charge < -0.3 is 19.9 Å². The van der Waals surface area contributed by atoms with Gasteiger partial charge in [-0.15, -0.1) is 5.10 Å². The molecule has 0 spiro atoms. The molecule has 1 aliphatic carbocycles. The Kier molecular flexibility index (Phi) is 5.51. The highest BCUT2D eigenvalue weighted by atomic mass is 32.2. The monoisotopic (exact) mass is 481 g/mol. The zero-order valence-corrected chi connectivity index (χ0v) is 18.6. The molecular formula is C21H22F3N5O3S. The van der Waals surface area contributed by atoms with Gasteiger partial charge in [-0.1, -0.05) is 12.1 Å². The predicted octanol–water partition coefficient (Wildman–Crippen LogP) is 3.72. The summed E-state index contributed by atoms with van der Waals surface area (Å²) < 4.78 is 51.8. The fourth-order valence-corrected chi connectivity index (χ4v) is 5.04. The van der Waals surface area contributed by atoms with E-state index in [2.05, 4.69) is 20.4 Å². The second kappa shape index (κ2) is 8.12. The van der Waals surface area contributed by atoms with Crippen LogP contribution in [0.15, 0.2) is 41.4 Å². The average Bonchev–Trinajstić information content (AvgIpc) is 3.39. The molecule has 2 aliphatic rings. The van der Waals surface area contributed by atoms with Crippen molar-refractivity contribution < 1.29 is 27.8 Å². The third-order valence-electron chi connectivity index (χ3n) is 5.71. The smallest absolute Gasteiger partial charge is 0.396 e. The van der Waals surface area contributed by atoms with E-state index in [9.17, 15) is 18.3 Å². The Bertz CT molecular complexity index is 1170. The van der Waals surface area contributed by atoms with Gasteiger partial charge in [-0.3, -0.25) is 0 Å². The third-order valence-corrected chi connectivity index (χ3v) is 6.43. The van der Waals surface area contributed by atoms with Crippen LogP contribution >= 0.6 is 11.8 Å². The number of alkyl halides is 3. The molecule has 0 amide bonds. The number of nitrogens with zero attached hydrogens (tertiary/aromatic N) is 4. The van der Waals surface area contributed by atoms with Crippen LogP contribution in [0.3, 0.4) is 0 Å². The van der Waals surface area contributed by atoms with Crippen molar-refractivity contribution in [3.63, 3.8) is 0 Å². The number of hydrogen-bond acceptors (Lipinski definition) is 8. The largest absolute Gasteiger partial charge is 0.446 e. The lowest BCUT2D eigenvalue weighted by atomic mass is 10.1. The number of anilines is 1. The average molecular weight is 482 g/mol. The van der Waals surface area contributed by atoms with Crippen molar-refractivity contribution in [3.05, 3.63) is 36.5 Å². The number of benzene rings is 1. The zero-order chi connectivity index (χ0) is 23.4. The number of fused-ring (bicyclic) bond motifs is 2. The lowest BCUT2D eigenvalue weighted by Gasteiger charge is -2.23. The van der Waals surface area contributed by atoms with E-state index in [1.165, 1.54) is 16.6 Å². The van der Waals surface area contributed by atoms with E-state index >= 15 is 0 Å². The van der Waals surface area contributed by atoms with E-state index in [1.807, 2.05) is 13.8 Å². The van der Waals surface area contributed by atoms with Gasteiger partial charge in [-0.2, -0.15) is 17.7 Å². The van der Waals surface area contributed by atoms with Crippen molar-refractivity contribution in [1.29, 1.82) is 0 Å².